The fourth-order valence-corrected chi connectivity index (χ4v) is 2.99. The Labute approximate surface area is 122 Å². The van der Waals surface area contributed by atoms with Gasteiger partial charge in [-0.25, -0.2) is 0 Å². The van der Waals surface area contributed by atoms with Crippen LogP contribution < -0.4 is 0 Å². The van der Waals surface area contributed by atoms with Crippen LogP contribution in [0.5, 0.6) is 0 Å². The molecule has 0 bridgehead atoms. The number of aliphatic carboxylic acids is 1. The van der Waals surface area contributed by atoms with E-state index in [-0.39, 0.29) is 6.42 Å². The van der Waals surface area contributed by atoms with Crippen molar-refractivity contribution < 1.29 is 9.90 Å². The van der Waals surface area contributed by atoms with Crippen molar-refractivity contribution in [1.29, 1.82) is 0 Å². The van der Waals surface area contributed by atoms with E-state index >= 15 is 0 Å². The molecule has 0 saturated carbocycles. The van der Waals surface area contributed by atoms with Gasteiger partial charge in [-0.2, -0.15) is 5.10 Å². The lowest BCUT2D eigenvalue weighted by Crippen LogP contribution is -2.16. The van der Waals surface area contributed by atoms with Gasteiger partial charge in [0.25, 0.3) is 0 Å². The maximum atomic E-state index is 10.5. The Bertz CT molecular complexity index is 576. The Hall–Kier alpha value is -1.66. The van der Waals surface area contributed by atoms with Gasteiger partial charge in [-0.1, -0.05) is 0 Å². The second-order valence-electron chi connectivity index (χ2n) is 4.94. The van der Waals surface area contributed by atoms with E-state index in [9.17, 15) is 4.79 Å². The molecule has 0 spiro atoms. The first-order valence-corrected chi connectivity index (χ1v) is 7.31. The average Bonchev–Trinajstić information content (AvgIpc) is 2.96. The zero-order chi connectivity index (χ0) is 14.5. The van der Waals surface area contributed by atoms with Crippen molar-refractivity contribution in [1.82, 2.24) is 14.7 Å². The molecule has 0 radical (unpaired) electrons. The van der Waals surface area contributed by atoms with E-state index in [1.165, 1.54) is 9.75 Å². The highest BCUT2D eigenvalue weighted by Crippen LogP contribution is 2.17. The van der Waals surface area contributed by atoms with Crippen LogP contribution in [0, 0.1) is 6.92 Å². The van der Waals surface area contributed by atoms with Crippen molar-refractivity contribution >= 4 is 17.3 Å². The monoisotopic (exact) mass is 293 g/mol. The molecular formula is C14H19N3O2S. The van der Waals surface area contributed by atoms with Crippen LogP contribution in [0.25, 0.3) is 0 Å². The van der Waals surface area contributed by atoms with Gasteiger partial charge in [0.15, 0.2) is 0 Å². The van der Waals surface area contributed by atoms with E-state index in [2.05, 4.69) is 36.1 Å². The normalized spacial score (nSPS) is 11.2. The number of nitrogens with zero attached hydrogens (tertiary/aromatic N) is 3. The third-order valence-electron chi connectivity index (χ3n) is 2.92. The third-order valence-corrected chi connectivity index (χ3v) is 3.90. The van der Waals surface area contributed by atoms with E-state index < -0.39 is 5.97 Å². The highest BCUT2D eigenvalue weighted by molar-refractivity contribution is 7.11. The lowest BCUT2D eigenvalue weighted by atomic mass is 10.3. The van der Waals surface area contributed by atoms with Crippen molar-refractivity contribution in [3.63, 3.8) is 0 Å². The first-order chi connectivity index (χ1) is 9.52. The third kappa shape index (κ3) is 4.47. The summed E-state index contributed by atoms with van der Waals surface area (Å²) in [6.45, 7) is 4.26. The molecule has 2 aromatic rings. The summed E-state index contributed by atoms with van der Waals surface area (Å²) in [6.07, 6.45) is 3.82. The smallest absolute Gasteiger partial charge is 0.305 e. The van der Waals surface area contributed by atoms with Gasteiger partial charge in [-0.15, -0.1) is 11.3 Å². The topological polar surface area (TPSA) is 58.4 Å². The highest BCUT2D eigenvalue weighted by Gasteiger charge is 2.06. The van der Waals surface area contributed by atoms with E-state index in [1.54, 1.807) is 10.9 Å². The zero-order valence-electron chi connectivity index (χ0n) is 11.7. The Morgan fingerprint density at radius 2 is 2.25 bits per heavy atom. The van der Waals surface area contributed by atoms with E-state index in [4.69, 9.17) is 5.11 Å². The van der Waals surface area contributed by atoms with Crippen LogP contribution in [0.3, 0.4) is 0 Å². The van der Waals surface area contributed by atoms with Crippen LogP contribution in [0.4, 0.5) is 0 Å². The van der Waals surface area contributed by atoms with Crippen LogP contribution in [0.1, 0.15) is 21.7 Å². The summed E-state index contributed by atoms with van der Waals surface area (Å²) in [5.41, 5.74) is 1.10. The van der Waals surface area contributed by atoms with Crippen LogP contribution in [-0.4, -0.2) is 32.8 Å². The van der Waals surface area contributed by atoms with Gasteiger partial charge in [-0.05, 0) is 26.1 Å². The minimum absolute atomic E-state index is 0.103. The molecule has 6 heteroatoms. The predicted octanol–water partition coefficient (Wildman–Crippen LogP) is 2.36. The fraction of sp³-hybridized carbons (Fsp3) is 0.429. The minimum atomic E-state index is -0.799. The average molecular weight is 293 g/mol. The number of aromatic nitrogens is 2. The molecule has 5 nitrogen and oxygen atoms in total. The van der Waals surface area contributed by atoms with Crippen LogP contribution in [0.15, 0.2) is 24.5 Å². The molecule has 0 aliphatic carbocycles. The van der Waals surface area contributed by atoms with Gasteiger partial charge in [0.2, 0.25) is 0 Å². The maximum Gasteiger partial charge on any atom is 0.305 e. The minimum Gasteiger partial charge on any atom is -0.481 e. The molecule has 2 rings (SSSR count). The summed E-state index contributed by atoms with van der Waals surface area (Å²) in [4.78, 5) is 15.4. The maximum absolute atomic E-state index is 10.5. The molecule has 2 aromatic heterocycles. The Balaban J connectivity index is 1.84. The molecule has 0 aromatic carbocycles. The molecule has 20 heavy (non-hydrogen) atoms. The van der Waals surface area contributed by atoms with Gasteiger partial charge in [0, 0.05) is 34.6 Å². The van der Waals surface area contributed by atoms with Crippen molar-refractivity contribution in [3.05, 3.63) is 39.8 Å². The first kappa shape index (κ1) is 14.7. The second kappa shape index (κ2) is 6.67. The Kier molecular flexibility index (Phi) is 4.92. The number of thiophene rings is 1. The largest absolute Gasteiger partial charge is 0.481 e. The SMILES string of the molecule is Cc1ccc(CN(C)Cc2cnn(CCC(=O)O)c2)s1. The van der Waals surface area contributed by atoms with Crippen LogP contribution in [0.2, 0.25) is 0 Å². The summed E-state index contributed by atoms with van der Waals surface area (Å²) in [5, 5.41) is 12.8. The number of carbonyl (C=O) groups is 1. The summed E-state index contributed by atoms with van der Waals surface area (Å²) in [7, 11) is 2.07. The molecule has 0 atom stereocenters. The zero-order valence-corrected chi connectivity index (χ0v) is 12.6. The molecule has 0 aliphatic heterocycles. The van der Waals surface area contributed by atoms with Crippen LogP contribution >= 0.6 is 11.3 Å². The number of carboxylic acid groups (broad SMARTS) is 1. The second-order valence-corrected chi connectivity index (χ2v) is 6.31. The highest BCUT2D eigenvalue weighted by atomic mass is 32.1. The molecular weight excluding hydrogens is 274 g/mol. The molecule has 108 valence electrons. The first-order valence-electron chi connectivity index (χ1n) is 6.50. The van der Waals surface area contributed by atoms with E-state index in [0.29, 0.717) is 6.54 Å². The van der Waals surface area contributed by atoms with Crippen molar-refractivity contribution in [2.45, 2.75) is 33.0 Å². The summed E-state index contributed by atoms with van der Waals surface area (Å²) in [6, 6.07) is 4.30. The quantitative estimate of drug-likeness (QED) is 0.851. The van der Waals surface area contributed by atoms with Crippen molar-refractivity contribution in [2.24, 2.45) is 0 Å². The summed E-state index contributed by atoms with van der Waals surface area (Å²) in [5.74, 6) is -0.799. The summed E-state index contributed by atoms with van der Waals surface area (Å²) < 4.78 is 1.69. The molecule has 2 heterocycles. The lowest BCUT2D eigenvalue weighted by molar-refractivity contribution is -0.137. The van der Waals surface area contributed by atoms with E-state index in [1.807, 2.05) is 17.5 Å². The van der Waals surface area contributed by atoms with Crippen molar-refractivity contribution in [3.8, 4) is 0 Å². The number of carboxylic acids is 1. The standard InChI is InChI=1S/C14H19N3O2S/c1-11-3-4-13(20-11)10-16(2)8-12-7-15-17(9-12)6-5-14(18)19/h3-4,7,9H,5-6,8,10H2,1-2H3,(H,18,19). The Morgan fingerprint density at radius 3 is 2.90 bits per heavy atom. The van der Waals surface area contributed by atoms with E-state index in [0.717, 1.165) is 18.7 Å². The molecule has 0 unspecified atom stereocenters. The molecule has 0 fully saturated rings. The molecule has 0 aliphatic rings. The fourth-order valence-electron chi connectivity index (χ4n) is 2.02. The van der Waals surface area contributed by atoms with Gasteiger partial charge < -0.3 is 5.11 Å². The number of hydrogen-bond acceptors (Lipinski definition) is 4. The number of rotatable bonds is 7. The number of aryl methyl sites for hydroxylation is 2. The molecule has 0 saturated heterocycles. The summed E-state index contributed by atoms with van der Waals surface area (Å²) >= 11 is 1.82. The van der Waals surface area contributed by atoms with Gasteiger partial charge in [-0.3, -0.25) is 14.4 Å². The van der Waals surface area contributed by atoms with Gasteiger partial charge in [0.05, 0.1) is 19.2 Å². The van der Waals surface area contributed by atoms with Crippen LogP contribution in [-0.2, 0) is 24.4 Å². The van der Waals surface area contributed by atoms with Gasteiger partial charge >= 0.3 is 5.97 Å². The van der Waals surface area contributed by atoms with Gasteiger partial charge in [0.1, 0.15) is 0 Å². The molecule has 1 N–H and O–H groups in total. The predicted molar refractivity (Wildman–Crippen MR) is 78.7 cm³/mol. The number of hydrogen-bond donors (Lipinski definition) is 1. The van der Waals surface area contributed by atoms with Crippen molar-refractivity contribution in [2.75, 3.05) is 7.05 Å². The Morgan fingerprint density at radius 1 is 1.45 bits per heavy atom. The molecule has 0 amide bonds. The lowest BCUT2D eigenvalue weighted by Gasteiger charge is -2.14.